The number of carbonyl (C=O) groups excluding carboxylic acids is 1. The maximum atomic E-state index is 12.4. The molecule has 0 saturated carbocycles. The van der Waals surface area contributed by atoms with Crippen molar-refractivity contribution < 1.29 is 9.36 Å². The zero-order chi connectivity index (χ0) is 17.1. The van der Waals surface area contributed by atoms with Gasteiger partial charge in [-0.3, -0.25) is 4.79 Å². The van der Waals surface area contributed by atoms with Gasteiger partial charge < -0.3 is 0 Å². The number of hydrogen-bond acceptors (Lipinski definition) is 2. The van der Waals surface area contributed by atoms with E-state index in [2.05, 4.69) is 37.9 Å². The molecule has 3 heteroatoms. The van der Waals surface area contributed by atoms with E-state index < -0.39 is 0 Å². The molecule has 3 aromatic rings. The summed E-state index contributed by atoms with van der Waals surface area (Å²) in [5, 5.41) is 0. The molecule has 0 unspecified atom stereocenters. The highest BCUT2D eigenvalue weighted by atomic mass is 16.1. The van der Waals surface area contributed by atoms with Gasteiger partial charge in [-0.1, -0.05) is 48.0 Å². The van der Waals surface area contributed by atoms with Crippen LogP contribution in [0.5, 0.6) is 0 Å². The molecular formula is C21H21N2O+. The zero-order valence-corrected chi connectivity index (χ0v) is 14.3. The van der Waals surface area contributed by atoms with E-state index in [0.29, 0.717) is 6.54 Å². The van der Waals surface area contributed by atoms with Crippen LogP contribution in [0.25, 0.3) is 11.3 Å². The molecule has 3 rings (SSSR count). The van der Waals surface area contributed by atoms with Crippen molar-refractivity contribution in [2.75, 3.05) is 0 Å². The minimum Gasteiger partial charge on any atom is -0.287 e. The summed E-state index contributed by atoms with van der Waals surface area (Å²) in [7, 11) is 0. The van der Waals surface area contributed by atoms with Crippen LogP contribution < -0.4 is 4.57 Å². The van der Waals surface area contributed by atoms with Crippen LogP contribution in [0.2, 0.25) is 0 Å². The van der Waals surface area contributed by atoms with Crippen molar-refractivity contribution in [3.63, 3.8) is 0 Å². The Balaban J connectivity index is 1.92. The van der Waals surface area contributed by atoms with Gasteiger partial charge in [0.1, 0.15) is 5.69 Å². The third kappa shape index (κ3) is 3.40. The number of aromatic nitrogens is 2. The SMILES string of the molecule is Cc1cc(C)c(-c2c[n+](CC(=O)c3ccccc3)ccn2)c(C)c1. The van der Waals surface area contributed by atoms with Gasteiger partial charge in [0, 0.05) is 11.1 Å². The number of Topliss-reactive ketones (excluding diaryl/α,β-unsaturated/α-hetero) is 1. The summed E-state index contributed by atoms with van der Waals surface area (Å²) in [6, 6.07) is 13.7. The van der Waals surface area contributed by atoms with E-state index in [1.807, 2.05) is 47.3 Å². The predicted molar refractivity (Wildman–Crippen MR) is 94.9 cm³/mol. The second kappa shape index (κ2) is 6.75. The molecule has 3 nitrogen and oxygen atoms in total. The standard InChI is InChI=1S/C21H21N2O/c1-15-11-16(2)21(17(3)12-15)19-13-23(10-9-22-19)14-20(24)18-7-5-4-6-8-18/h4-13H,14H2,1-3H3/q+1. The summed E-state index contributed by atoms with van der Waals surface area (Å²) in [4.78, 5) is 16.9. The number of carbonyl (C=O) groups is 1. The Kier molecular flexibility index (Phi) is 4.52. The highest BCUT2D eigenvalue weighted by molar-refractivity contribution is 5.94. The molecular weight excluding hydrogens is 296 g/mol. The molecule has 0 aliphatic heterocycles. The smallest absolute Gasteiger partial charge is 0.227 e. The molecule has 0 saturated heterocycles. The molecule has 0 amide bonds. The lowest BCUT2D eigenvalue weighted by Gasteiger charge is -2.09. The van der Waals surface area contributed by atoms with Gasteiger partial charge in [-0.15, -0.1) is 0 Å². The van der Waals surface area contributed by atoms with Crippen LogP contribution in [0.15, 0.2) is 61.1 Å². The largest absolute Gasteiger partial charge is 0.287 e. The van der Waals surface area contributed by atoms with Gasteiger partial charge in [-0.25, -0.2) is 4.98 Å². The Hall–Kier alpha value is -2.81. The van der Waals surface area contributed by atoms with Gasteiger partial charge in [0.05, 0.1) is 6.20 Å². The first-order valence-electron chi connectivity index (χ1n) is 8.06. The van der Waals surface area contributed by atoms with E-state index in [1.54, 1.807) is 6.20 Å². The third-order valence-corrected chi connectivity index (χ3v) is 4.11. The van der Waals surface area contributed by atoms with Crippen LogP contribution in [0.3, 0.4) is 0 Å². The summed E-state index contributed by atoms with van der Waals surface area (Å²) in [6.45, 7) is 6.61. The van der Waals surface area contributed by atoms with Gasteiger partial charge in [0.2, 0.25) is 12.3 Å². The van der Waals surface area contributed by atoms with Crippen molar-refractivity contribution in [1.82, 2.24) is 4.98 Å². The Bertz CT molecular complexity index is 862. The molecule has 2 aromatic carbocycles. The van der Waals surface area contributed by atoms with Crippen LogP contribution in [-0.4, -0.2) is 10.8 Å². The molecule has 0 bridgehead atoms. The number of rotatable bonds is 4. The zero-order valence-electron chi connectivity index (χ0n) is 14.3. The van der Waals surface area contributed by atoms with Crippen molar-refractivity contribution in [2.24, 2.45) is 0 Å². The van der Waals surface area contributed by atoms with E-state index in [1.165, 1.54) is 16.7 Å². The van der Waals surface area contributed by atoms with Crippen LogP contribution in [-0.2, 0) is 6.54 Å². The summed E-state index contributed by atoms with van der Waals surface area (Å²) in [5.74, 6) is 0.0927. The van der Waals surface area contributed by atoms with E-state index in [-0.39, 0.29) is 5.78 Å². The molecule has 0 radical (unpaired) electrons. The Labute approximate surface area is 142 Å². The van der Waals surface area contributed by atoms with Gasteiger partial charge in [0.25, 0.3) is 0 Å². The maximum absolute atomic E-state index is 12.4. The number of benzene rings is 2. The summed E-state index contributed by atoms with van der Waals surface area (Å²) in [5.41, 5.74) is 6.41. The normalized spacial score (nSPS) is 10.6. The summed E-state index contributed by atoms with van der Waals surface area (Å²) < 4.78 is 1.90. The molecule has 0 spiro atoms. The number of nitrogens with zero attached hydrogens (tertiary/aromatic N) is 2. The number of ketones is 1. The molecule has 0 aliphatic carbocycles. The van der Waals surface area contributed by atoms with E-state index in [0.717, 1.165) is 16.8 Å². The van der Waals surface area contributed by atoms with Gasteiger partial charge in [-0.2, -0.15) is 4.57 Å². The third-order valence-electron chi connectivity index (χ3n) is 4.11. The molecule has 0 fully saturated rings. The fourth-order valence-electron chi connectivity index (χ4n) is 3.13. The molecule has 120 valence electrons. The number of aryl methyl sites for hydroxylation is 3. The van der Waals surface area contributed by atoms with Crippen molar-refractivity contribution in [3.05, 3.63) is 83.3 Å². The van der Waals surface area contributed by atoms with Crippen molar-refractivity contribution >= 4 is 5.78 Å². The summed E-state index contributed by atoms with van der Waals surface area (Å²) in [6.07, 6.45) is 5.54. The van der Waals surface area contributed by atoms with Gasteiger partial charge in [0.15, 0.2) is 12.4 Å². The Morgan fingerprint density at radius 2 is 1.71 bits per heavy atom. The van der Waals surface area contributed by atoms with E-state index in [4.69, 9.17) is 0 Å². The number of hydrogen-bond donors (Lipinski definition) is 0. The molecule has 0 atom stereocenters. The lowest BCUT2D eigenvalue weighted by atomic mass is 9.97. The highest BCUT2D eigenvalue weighted by Gasteiger charge is 2.15. The topological polar surface area (TPSA) is 33.8 Å². The Morgan fingerprint density at radius 3 is 2.38 bits per heavy atom. The first-order valence-corrected chi connectivity index (χ1v) is 8.06. The molecule has 0 aliphatic rings. The van der Waals surface area contributed by atoms with Gasteiger partial charge in [-0.05, 0) is 31.9 Å². The minimum atomic E-state index is 0.0927. The molecule has 0 N–H and O–H groups in total. The highest BCUT2D eigenvalue weighted by Crippen LogP contribution is 2.25. The lowest BCUT2D eigenvalue weighted by molar-refractivity contribution is -0.683. The molecule has 24 heavy (non-hydrogen) atoms. The average molecular weight is 317 g/mol. The average Bonchev–Trinajstić information content (AvgIpc) is 2.55. The van der Waals surface area contributed by atoms with Crippen molar-refractivity contribution in [3.8, 4) is 11.3 Å². The quantitative estimate of drug-likeness (QED) is 0.541. The second-order valence-electron chi connectivity index (χ2n) is 6.18. The van der Waals surface area contributed by atoms with Crippen LogP contribution in [0, 0.1) is 20.8 Å². The Morgan fingerprint density at radius 1 is 1.04 bits per heavy atom. The fraction of sp³-hybridized carbons (Fsp3) is 0.190. The van der Waals surface area contributed by atoms with Gasteiger partial charge >= 0.3 is 0 Å². The predicted octanol–water partition coefficient (Wildman–Crippen LogP) is 3.84. The minimum absolute atomic E-state index is 0.0927. The molecule has 1 aromatic heterocycles. The lowest BCUT2D eigenvalue weighted by Crippen LogP contribution is -2.37. The van der Waals surface area contributed by atoms with E-state index in [9.17, 15) is 4.79 Å². The van der Waals surface area contributed by atoms with Crippen LogP contribution >= 0.6 is 0 Å². The second-order valence-corrected chi connectivity index (χ2v) is 6.18. The van der Waals surface area contributed by atoms with Crippen molar-refractivity contribution in [1.29, 1.82) is 0 Å². The maximum Gasteiger partial charge on any atom is 0.227 e. The first-order chi connectivity index (χ1) is 11.5. The van der Waals surface area contributed by atoms with Crippen LogP contribution in [0.1, 0.15) is 27.0 Å². The molecule has 1 heterocycles. The van der Waals surface area contributed by atoms with Crippen LogP contribution in [0.4, 0.5) is 0 Å². The van der Waals surface area contributed by atoms with E-state index >= 15 is 0 Å². The van der Waals surface area contributed by atoms with Crippen molar-refractivity contribution in [2.45, 2.75) is 27.3 Å². The monoisotopic (exact) mass is 317 g/mol. The fourth-order valence-corrected chi connectivity index (χ4v) is 3.13. The summed E-state index contributed by atoms with van der Waals surface area (Å²) >= 11 is 0. The first kappa shape index (κ1) is 16.1.